The molecule has 2 rings (SSSR count). The molecule has 0 bridgehead atoms. The van der Waals surface area contributed by atoms with E-state index in [1.165, 1.54) is 0 Å². The highest BCUT2D eigenvalue weighted by molar-refractivity contribution is 7.94. The zero-order chi connectivity index (χ0) is 13.7. The summed E-state index contributed by atoms with van der Waals surface area (Å²) in [5, 5.41) is -4.48. The number of ketones is 1. The first-order valence-corrected chi connectivity index (χ1v) is 6.11. The van der Waals surface area contributed by atoms with Crippen LogP contribution in [0.2, 0.25) is 0 Å². The summed E-state index contributed by atoms with van der Waals surface area (Å²) in [6.45, 7) is 0. The molecule has 0 spiro atoms. The number of alkyl halides is 2. The van der Waals surface area contributed by atoms with Gasteiger partial charge in [-0.2, -0.15) is 8.78 Å². The van der Waals surface area contributed by atoms with Gasteiger partial charge in [-0.05, 0) is 18.2 Å². The first-order chi connectivity index (χ1) is 8.23. The predicted octanol–water partition coefficient (Wildman–Crippen LogP) is 1.04. The Kier molecular flexibility index (Phi) is 2.51. The lowest BCUT2D eigenvalue weighted by atomic mass is 10.1. The second-order valence-electron chi connectivity index (χ2n) is 3.55. The van der Waals surface area contributed by atoms with Gasteiger partial charge >= 0.3 is 11.2 Å². The number of benzene rings is 1. The third-order valence-electron chi connectivity index (χ3n) is 2.54. The maximum Gasteiger partial charge on any atom is 0.411 e. The Morgan fingerprint density at radius 1 is 1.33 bits per heavy atom. The Bertz CT molecular complexity index is 663. The van der Waals surface area contributed by atoms with Gasteiger partial charge in [0.2, 0.25) is 5.78 Å². The van der Waals surface area contributed by atoms with Gasteiger partial charge in [0.25, 0.3) is 9.84 Å². The Morgan fingerprint density at radius 3 is 2.50 bits per heavy atom. The van der Waals surface area contributed by atoms with Gasteiger partial charge < -0.3 is 4.74 Å². The molecule has 1 aliphatic rings. The van der Waals surface area contributed by atoms with Crippen molar-refractivity contribution in [1.82, 2.24) is 0 Å². The zero-order valence-corrected chi connectivity index (χ0v) is 9.75. The van der Waals surface area contributed by atoms with Crippen LogP contribution >= 0.6 is 0 Å². The number of carbonyl (C=O) groups excluding carboxylic acids is 2. The van der Waals surface area contributed by atoms with E-state index in [-0.39, 0.29) is 5.56 Å². The van der Waals surface area contributed by atoms with E-state index in [0.717, 1.165) is 25.3 Å². The van der Waals surface area contributed by atoms with Crippen molar-refractivity contribution in [3.63, 3.8) is 0 Å². The zero-order valence-electron chi connectivity index (χ0n) is 8.94. The number of hydrogen-bond acceptors (Lipinski definition) is 5. The van der Waals surface area contributed by atoms with Crippen molar-refractivity contribution in [2.75, 3.05) is 7.11 Å². The molecule has 0 saturated carbocycles. The van der Waals surface area contributed by atoms with E-state index in [4.69, 9.17) is 0 Å². The monoisotopic (exact) mass is 276 g/mol. The highest BCUT2D eigenvalue weighted by Crippen LogP contribution is 2.41. The van der Waals surface area contributed by atoms with E-state index >= 15 is 0 Å². The molecule has 0 atom stereocenters. The number of hydrogen-bond donors (Lipinski definition) is 0. The van der Waals surface area contributed by atoms with Gasteiger partial charge in [-0.25, -0.2) is 13.2 Å². The van der Waals surface area contributed by atoms with Gasteiger partial charge in [-0.3, -0.25) is 4.79 Å². The molecule has 0 aromatic heterocycles. The van der Waals surface area contributed by atoms with E-state index in [0.29, 0.717) is 0 Å². The number of halogens is 2. The molecule has 0 unspecified atom stereocenters. The quantitative estimate of drug-likeness (QED) is 0.716. The van der Waals surface area contributed by atoms with Crippen LogP contribution in [0.1, 0.15) is 20.7 Å². The number of rotatable bonds is 1. The first-order valence-electron chi connectivity index (χ1n) is 4.63. The summed E-state index contributed by atoms with van der Waals surface area (Å²) in [5.74, 6) is -2.68. The highest BCUT2D eigenvalue weighted by Gasteiger charge is 2.60. The molecule has 1 aliphatic heterocycles. The number of sulfone groups is 1. The Labute approximate surface area is 100 Å². The molecule has 96 valence electrons. The Hall–Kier alpha value is -1.83. The third-order valence-corrected chi connectivity index (χ3v) is 4.33. The Balaban J connectivity index is 2.71. The van der Waals surface area contributed by atoms with Crippen LogP contribution in [-0.2, 0) is 14.6 Å². The van der Waals surface area contributed by atoms with Crippen molar-refractivity contribution in [3.05, 3.63) is 29.3 Å². The van der Waals surface area contributed by atoms with Crippen molar-refractivity contribution < 1.29 is 31.5 Å². The van der Waals surface area contributed by atoms with E-state index in [1.807, 2.05) is 0 Å². The molecule has 5 nitrogen and oxygen atoms in total. The number of Topliss-reactive ketones (excluding diaryl/α,β-unsaturated/α-hetero) is 1. The fourth-order valence-electron chi connectivity index (χ4n) is 1.60. The first kappa shape index (κ1) is 12.6. The summed E-state index contributed by atoms with van der Waals surface area (Å²) in [4.78, 5) is 21.7. The van der Waals surface area contributed by atoms with Crippen LogP contribution in [0.3, 0.4) is 0 Å². The minimum absolute atomic E-state index is 0.169. The van der Waals surface area contributed by atoms with Crippen molar-refractivity contribution in [2.24, 2.45) is 0 Å². The Morgan fingerprint density at radius 2 is 1.94 bits per heavy atom. The van der Waals surface area contributed by atoms with Crippen LogP contribution in [0.4, 0.5) is 8.78 Å². The van der Waals surface area contributed by atoms with Crippen molar-refractivity contribution in [1.29, 1.82) is 0 Å². The van der Waals surface area contributed by atoms with Crippen molar-refractivity contribution >= 4 is 21.6 Å². The lowest BCUT2D eigenvalue weighted by Gasteiger charge is -2.04. The molecule has 0 aliphatic carbocycles. The standard InChI is InChI=1S/C10H6F2O5S/c1-17-9(14)5-2-3-7-6(4-5)8(13)10(11,12)18(7,15)16/h2-4H,1H3. The summed E-state index contributed by atoms with van der Waals surface area (Å²) in [6.07, 6.45) is 0. The number of esters is 1. The normalized spacial score (nSPS) is 19.4. The van der Waals surface area contributed by atoms with Crippen LogP contribution in [0, 0.1) is 0 Å². The SMILES string of the molecule is COC(=O)c1ccc2c(c1)C(=O)C(F)(F)S2(=O)=O. The van der Waals surface area contributed by atoms with Crippen LogP contribution in [-0.4, -0.2) is 32.5 Å². The van der Waals surface area contributed by atoms with Gasteiger partial charge in [0.15, 0.2) is 0 Å². The second kappa shape index (κ2) is 3.58. The summed E-state index contributed by atoms with van der Waals surface area (Å²) in [7, 11) is -3.95. The molecule has 0 amide bonds. The van der Waals surface area contributed by atoms with E-state index < -0.39 is 37.3 Å². The summed E-state index contributed by atoms with van der Waals surface area (Å²) in [6, 6.07) is 2.61. The molecule has 0 radical (unpaired) electrons. The molecular formula is C10H6F2O5S. The fraction of sp³-hybridized carbons (Fsp3) is 0.200. The molecule has 8 heteroatoms. The summed E-state index contributed by atoms with van der Waals surface area (Å²) >= 11 is 0. The smallest absolute Gasteiger partial charge is 0.411 e. The molecule has 0 N–H and O–H groups in total. The average Bonchev–Trinajstić information content (AvgIpc) is 2.47. The topological polar surface area (TPSA) is 77.5 Å². The summed E-state index contributed by atoms with van der Waals surface area (Å²) < 4.78 is 53.6. The number of carbonyl (C=O) groups is 2. The third kappa shape index (κ3) is 1.38. The number of ether oxygens (including phenoxy) is 1. The van der Waals surface area contributed by atoms with Crippen molar-refractivity contribution in [2.45, 2.75) is 10.2 Å². The van der Waals surface area contributed by atoms with Crippen LogP contribution in [0.25, 0.3) is 0 Å². The predicted molar refractivity (Wildman–Crippen MR) is 54.2 cm³/mol. The van der Waals surface area contributed by atoms with E-state index in [2.05, 4.69) is 4.74 Å². The lowest BCUT2D eigenvalue weighted by molar-refractivity contribution is 0.0549. The van der Waals surface area contributed by atoms with Crippen molar-refractivity contribution in [3.8, 4) is 0 Å². The van der Waals surface area contributed by atoms with Gasteiger partial charge in [0, 0.05) is 5.56 Å². The minimum atomic E-state index is -5.02. The maximum absolute atomic E-state index is 13.3. The number of fused-ring (bicyclic) bond motifs is 1. The molecule has 18 heavy (non-hydrogen) atoms. The van der Waals surface area contributed by atoms with E-state index in [1.54, 1.807) is 0 Å². The fourth-order valence-corrected chi connectivity index (χ4v) is 2.92. The molecular weight excluding hydrogens is 270 g/mol. The van der Waals surface area contributed by atoms with Gasteiger partial charge in [0.05, 0.1) is 17.6 Å². The highest BCUT2D eigenvalue weighted by atomic mass is 32.2. The minimum Gasteiger partial charge on any atom is -0.465 e. The molecule has 1 aromatic carbocycles. The second-order valence-corrected chi connectivity index (χ2v) is 5.51. The van der Waals surface area contributed by atoms with Gasteiger partial charge in [0.1, 0.15) is 0 Å². The number of methoxy groups -OCH3 is 1. The van der Waals surface area contributed by atoms with Crippen LogP contribution in [0.5, 0.6) is 0 Å². The summed E-state index contributed by atoms with van der Waals surface area (Å²) in [5.41, 5.74) is -0.861. The largest absolute Gasteiger partial charge is 0.465 e. The average molecular weight is 276 g/mol. The van der Waals surface area contributed by atoms with Crippen LogP contribution < -0.4 is 0 Å². The van der Waals surface area contributed by atoms with Gasteiger partial charge in [-0.15, -0.1) is 0 Å². The van der Waals surface area contributed by atoms with E-state index in [9.17, 15) is 26.8 Å². The molecule has 1 aromatic rings. The molecule has 0 fully saturated rings. The molecule has 1 heterocycles. The van der Waals surface area contributed by atoms with Gasteiger partial charge in [-0.1, -0.05) is 0 Å². The maximum atomic E-state index is 13.3. The molecule has 0 saturated heterocycles. The van der Waals surface area contributed by atoms with Crippen LogP contribution in [0.15, 0.2) is 23.1 Å². The lowest BCUT2D eigenvalue weighted by Crippen LogP contribution is -2.30.